The van der Waals surface area contributed by atoms with E-state index in [1.54, 1.807) is 22.9 Å². The van der Waals surface area contributed by atoms with Crippen molar-refractivity contribution in [1.82, 2.24) is 19.3 Å². The zero-order valence-corrected chi connectivity index (χ0v) is 16.9. The number of amides is 1. The zero-order valence-electron chi connectivity index (χ0n) is 16.9. The van der Waals surface area contributed by atoms with Crippen molar-refractivity contribution in [2.75, 3.05) is 0 Å². The van der Waals surface area contributed by atoms with E-state index in [9.17, 15) is 9.59 Å². The van der Waals surface area contributed by atoms with Crippen LogP contribution in [0.4, 0.5) is 0 Å². The largest absolute Gasteiger partial charge is 0.347 e. The van der Waals surface area contributed by atoms with Gasteiger partial charge in [-0.1, -0.05) is 25.8 Å². The molecule has 0 unspecified atom stereocenters. The molecule has 0 radical (unpaired) electrons. The molecular formula is C21H27N5O2. The summed E-state index contributed by atoms with van der Waals surface area (Å²) in [6, 6.07) is 6.86. The second-order valence-electron chi connectivity index (χ2n) is 8.05. The summed E-state index contributed by atoms with van der Waals surface area (Å²) in [5.41, 5.74) is 0.559. The van der Waals surface area contributed by atoms with Crippen LogP contribution in [0.3, 0.4) is 0 Å². The van der Waals surface area contributed by atoms with Crippen LogP contribution in [-0.4, -0.2) is 25.4 Å². The van der Waals surface area contributed by atoms with Gasteiger partial charge in [0.1, 0.15) is 16.8 Å². The molecule has 0 saturated carbocycles. The maximum Gasteiger partial charge on any atom is 0.267 e. The minimum Gasteiger partial charge on any atom is -0.347 e. The highest BCUT2D eigenvalue weighted by molar-refractivity contribution is 5.97. The van der Waals surface area contributed by atoms with Crippen molar-refractivity contribution in [2.45, 2.75) is 59.0 Å². The van der Waals surface area contributed by atoms with Gasteiger partial charge in [0.15, 0.2) is 0 Å². The molecule has 0 saturated heterocycles. The highest BCUT2D eigenvalue weighted by Gasteiger charge is 2.20. The number of nitrogens with one attached hydrogen (secondary N) is 2. The van der Waals surface area contributed by atoms with Crippen molar-refractivity contribution in [1.29, 1.82) is 5.41 Å². The first kappa shape index (κ1) is 19.8. The molecule has 28 heavy (non-hydrogen) atoms. The Morgan fingerprint density at radius 1 is 1.25 bits per heavy atom. The molecule has 0 fully saturated rings. The summed E-state index contributed by atoms with van der Waals surface area (Å²) in [4.78, 5) is 30.5. The third kappa shape index (κ3) is 3.83. The lowest BCUT2D eigenvalue weighted by atomic mass is 10.1. The van der Waals surface area contributed by atoms with Crippen molar-refractivity contribution >= 4 is 22.6 Å². The SMILES string of the molecule is CCCCCn1c(=N)c(C(=O)NC(C)(C)C)cc2c(=O)n3ccccc3nc21. The maximum atomic E-state index is 13.1. The summed E-state index contributed by atoms with van der Waals surface area (Å²) >= 11 is 0. The lowest BCUT2D eigenvalue weighted by molar-refractivity contribution is 0.0917. The third-order valence-electron chi connectivity index (χ3n) is 4.54. The second-order valence-corrected chi connectivity index (χ2v) is 8.05. The summed E-state index contributed by atoms with van der Waals surface area (Å²) < 4.78 is 3.16. The molecule has 3 heterocycles. The monoisotopic (exact) mass is 381 g/mol. The van der Waals surface area contributed by atoms with Crippen LogP contribution in [0.15, 0.2) is 35.3 Å². The van der Waals surface area contributed by atoms with Gasteiger partial charge in [-0.25, -0.2) is 4.98 Å². The van der Waals surface area contributed by atoms with Crippen LogP contribution in [0.5, 0.6) is 0 Å². The van der Waals surface area contributed by atoms with Crippen molar-refractivity contribution in [2.24, 2.45) is 0 Å². The molecule has 0 atom stereocenters. The van der Waals surface area contributed by atoms with Crippen LogP contribution in [0.1, 0.15) is 57.3 Å². The van der Waals surface area contributed by atoms with Crippen LogP contribution in [0.2, 0.25) is 0 Å². The Morgan fingerprint density at radius 3 is 2.68 bits per heavy atom. The molecule has 3 rings (SSSR count). The fourth-order valence-electron chi connectivity index (χ4n) is 3.21. The van der Waals surface area contributed by atoms with E-state index in [4.69, 9.17) is 5.41 Å². The van der Waals surface area contributed by atoms with E-state index in [2.05, 4.69) is 17.2 Å². The first-order chi connectivity index (χ1) is 13.2. The molecule has 0 bridgehead atoms. The summed E-state index contributed by atoms with van der Waals surface area (Å²) in [5.74, 6) is -0.360. The van der Waals surface area contributed by atoms with Crippen LogP contribution >= 0.6 is 0 Å². The van der Waals surface area contributed by atoms with Gasteiger partial charge in [-0.2, -0.15) is 0 Å². The third-order valence-corrected chi connectivity index (χ3v) is 4.54. The summed E-state index contributed by atoms with van der Waals surface area (Å²) in [6.07, 6.45) is 4.55. The zero-order chi connectivity index (χ0) is 20.5. The fourth-order valence-corrected chi connectivity index (χ4v) is 3.21. The predicted octanol–water partition coefficient (Wildman–Crippen LogP) is 2.85. The molecule has 7 nitrogen and oxygen atoms in total. The van der Waals surface area contributed by atoms with Crippen LogP contribution < -0.4 is 16.4 Å². The molecule has 148 valence electrons. The van der Waals surface area contributed by atoms with Gasteiger partial charge in [0.2, 0.25) is 0 Å². The lowest BCUT2D eigenvalue weighted by Crippen LogP contribution is -2.43. The number of hydrogen-bond donors (Lipinski definition) is 2. The number of pyridine rings is 2. The standard InChI is InChI=1S/C21H27N5O2/c1-5-6-8-12-26-17(22)14(19(27)24-21(2,3)4)13-15-18(26)23-16-10-7-9-11-25(16)20(15)28/h7,9-11,13,22H,5-6,8,12H2,1-4H3,(H,24,27). The highest BCUT2D eigenvalue weighted by atomic mass is 16.2. The molecule has 0 aliphatic carbocycles. The van der Waals surface area contributed by atoms with E-state index >= 15 is 0 Å². The summed E-state index contributed by atoms with van der Waals surface area (Å²) in [5, 5.41) is 11.9. The van der Waals surface area contributed by atoms with Crippen LogP contribution in [0.25, 0.3) is 16.7 Å². The first-order valence-electron chi connectivity index (χ1n) is 9.65. The molecule has 2 N–H and O–H groups in total. The van der Waals surface area contributed by atoms with Crippen molar-refractivity contribution in [3.05, 3.63) is 51.9 Å². The van der Waals surface area contributed by atoms with Crippen molar-refractivity contribution < 1.29 is 4.79 Å². The van der Waals surface area contributed by atoms with E-state index in [0.717, 1.165) is 19.3 Å². The predicted molar refractivity (Wildman–Crippen MR) is 110 cm³/mol. The number of nitrogens with zero attached hydrogens (tertiary/aromatic N) is 3. The molecule has 0 spiro atoms. The van der Waals surface area contributed by atoms with Crippen molar-refractivity contribution in [3.63, 3.8) is 0 Å². The highest BCUT2D eigenvalue weighted by Crippen LogP contribution is 2.12. The first-order valence-corrected chi connectivity index (χ1v) is 9.65. The number of unbranched alkanes of at least 4 members (excludes halogenated alkanes) is 2. The summed E-state index contributed by atoms with van der Waals surface area (Å²) in [6.45, 7) is 8.30. The number of fused-ring (bicyclic) bond motifs is 2. The number of hydrogen-bond acceptors (Lipinski definition) is 4. The van der Waals surface area contributed by atoms with Gasteiger partial charge in [0.25, 0.3) is 11.5 Å². The molecule has 7 heteroatoms. The number of rotatable bonds is 5. The molecule has 0 aliphatic heterocycles. The molecule has 3 aromatic heterocycles. The molecular weight excluding hydrogens is 354 g/mol. The Hall–Kier alpha value is -2.96. The lowest BCUT2D eigenvalue weighted by Gasteiger charge is -2.21. The van der Waals surface area contributed by atoms with Gasteiger partial charge in [-0.15, -0.1) is 0 Å². The maximum absolute atomic E-state index is 13.1. The number of aromatic nitrogens is 3. The Balaban J connectivity index is 2.30. The Kier molecular flexibility index (Phi) is 5.36. The minimum absolute atomic E-state index is 0.0811. The van der Waals surface area contributed by atoms with Crippen molar-refractivity contribution in [3.8, 4) is 0 Å². The van der Waals surface area contributed by atoms with Crippen LogP contribution in [0, 0.1) is 5.41 Å². The topological polar surface area (TPSA) is 92.2 Å². The van der Waals surface area contributed by atoms with E-state index < -0.39 is 5.54 Å². The van der Waals surface area contributed by atoms with E-state index in [1.165, 1.54) is 10.5 Å². The second kappa shape index (κ2) is 7.58. The Bertz CT molecular complexity index is 1150. The Morgan fingerprint density at radius 2 is 2.00 bits per heavy atom. The quantitative estimate of drug-likeness (QED) is 0.526. The normalized spacial score (nSPS) is 11.9. The van der Waals surface area contributed by atoms with Gasteiger partial charge in [0, 0.05) is 18.3 Å². The van der Waals surface area contributed by atoms with Crippen LogP contribution in [-0.2, 0) is 6.54 Å². The van der Waals surface area contributed by atoms with E-state index in [1.807, 2.05) is 26.8 Å². The number of aryl methyl sites for hydroxylation is 1. The van der Waals surface area contributed by atoms with Gasteiger partial charge in [0.05, 0.1) is 10.9 Å². The van der Waals surface area contributed by atoms with E-state index in [-0.39, 0.29) is 22.5 Å². The van der Waals surface area contributed by atoms with Gasteiger partial charge in [-0.3, -0.25) is 19.4 Å². The Labute approximate surface area is 163 Å². The fraction of sp³-hybridized carbons (Fsp3) is 0.429. The number of carbonyl (C=O) groups is 1. The van der Waals surface area contributed by atoms with E-state index in [0.29, 0.717) is 23.2 Å². The summed E-state index contributed by atoms with van der Waals surface area (Å²) in [7, 11) is 0. The minimum atomic E-state index is -0.442. The van der Waals surface area contributed by atoms with Gasteiger partial charge in [-0.05, 0) is 45.4 Å². The average molecular weight is 381 g/mol. The molecule has 3 aromatic rings. The molecule has 0 aliphatic rings. The smallest absolute Gasteiger partial charge is 0.267 e. The van der Waals surface area contributed by atoms with Gasteiger partial charge >= 0.3 is 0 Å². The van der Waals surface area contributed by atoms with Gasteiger partial charge < -0.3 is 9.88 Å². The molecule has 1 amide bonds. The average Bonchev–Trinajstić information content (AvgIpc) is 2.62. The number of carbonyl (C=O) groups excluding carboxylic acids is 1. The molecule has 0 aromatic carbocycles.